The van der Waals surface area contributed by atoms with Crippen LogP contribution in [0.15, 0.2) is 64.0 Å². The second-order valence-electron chi connectivity index (χ2n) is 6.32. The number of phenolic OH excluding ortho intramolecular Hbond substituents is 1. The van der Waals surface area contributed by atoms with E-state index in [9.17, 15) is 9.90 Å². The fourth-order valence-electron chi connectivity index (χ4n) is 2.78. The van der Waals surface area contributed by atoms with Gasteiger partial charge in [0.2, 0.25) is 11.8 Å². The van der Waals surface area contributed by atoms with E-state index in [1.165, 1.54) is 11.8 Å². The van der Waals surface area contributed by atoms with Gasteiger partial charge in [0.05, 0.1) is 11.3 Å². The Labute approximate surface area is 175 Å². The molecule has 2 aromatic heterocycles. The SMILES string of the molecule is Cc1cc(NC(=O)CSc2ccc(Cl)cc2)cc(-c2nc3ncccc3o2)c1O. The van der Waals surface area contributed by atoms with E-state index in [2.05, 4.69) is 15.3 Å². The number of anilines is 1. The molecule has 0 atom stereocenters. The molecule has 0 aliphatic carbocycles. The number of aromatic nitrogens is 2. The summed E-state index contributed by atoms with van der Waals surface area (Å²) in [5.74, 6) is 0.361. The van der Waals surface area contributed by atoms with Gasteiger partial charge in [-0.25, -0.2) is 4.98 Å². The van der Waals surface area contributed by atoms with Crippen molar-refractivity contribution in [3.8, 4) is 17.2 Å². The quantitative estimate of drug-likeness (QED) is 0.333. The summed E-state index contributed by atoms with van der Waals surface area (Å²) in [4.78, 5) is 21.8. The highest BCUT2D eigenvalue weighted by Gasteiger charge is 2.16. The summed E-state index contributed by atoms with van der Waals surface area (Å²) >= 11 is 7.28. The van der Waals surface area contributed by atoms with Gasteiger partial charge in [-0.15, -0.1) is 11.8 Å². The molecule has 2 aromatic carbocycles. The second kappa shape index (κ2) is 8.14. The van der Waals surface area contributed by atoms with Crippen molar-refractivity contribution in [2.45, 2.75) is 11.8 Å². The molecule has 0 radical (unpaired) electrons. The molecule has 0 aliphatic heterocycles. The smallest absolute Gasteiger partial charge is 0.234 e. The minimum Gasteiger partial charge on any atom is -0.507 e. The van der Waals surface area contributed by atoms with Gasteiger partial charge in [0.1, 0.15) is 5.75 Å². The molecule has 0 saturated carbocycles. The summed E-state index contributed by atoms with van der Waals surface area (Å²) in [6.07, 6.45) is 1.62. The van der Waals surface area contributed by atoms with Gasteiger partial charge in [0, 0.05) is 21.8 Å². The lowest BCUT2D eigenvalue weighted by Crippen LogP contribution is -2.14. The summed E-state index contributed by atoms with van der Waals surface area (Å²) in [5, 5.41) is 14.0. The van der Waals surface area contributed by atoms with Gasteiger partial charge in [-0.2, -0.15) is 4.98 Å². The molecule has 4 aromatic rings. The average molecular weight is 426 g/mol. The van der Waals surface area contributed by atoms with Crippen molar-refractivity contribution in [1.82, 2.24) is 9.97 Å². The number of aryl methyl sites for hydroxylation is 1. The molecule has 0 unspecified atom stereocenters. The van der Waals surface area contributed by atoms with Crippen LogP contribution in [0.5, 0.6) is 5.75 Å². The first-order valence-electron chi connectivity index (χ1n) is 8.73. The fourth-order valence-corrected chi connectivity index (χ4v) is 3.60. The number of aromatic hydroxyl groups is 1. The fraction of sp³-hybridized carbons (Fsp3) is 0.0952. The molecular weight excluding hydrogens is 410 g/mol. The van der Waals surface area contributed by atoms with E-state index in [4.69, 9.17) is 16.0 Å². The van der Waals surface area contributed by atoms with E-state index in [1.54, 1.807) is 49.5 Å². The van der Waals surface area contributed by atoms with E-state index in [0.29, 0.717) is 33.1 Å². The van der Waals surface area contributed by atoms with E-state index in [0.717, 1.165) is 4.90 Å². The molecule has 1 amide bonds. The van der Waals surface area contributed by atoms with Crippen molar-refractivity contribution in [3.63, 3.8) is 0 Å². The van der Waals surface area contributed by atoms with Crippen LogP contribution in [0.1, 0.15) is 5.56 Å². The van der Waals surface area contributed by atoms with Gasteiger partial charge in [-0.1, -0.05) is 11.6 Å². The molecule has 0 fully saturated rings. The number of nitrogens with one attached hydrogen (secondary N) is 1. The number of pyridine rings is 1. The summed E-state index contributed by atoms with van der Waals surface area (Å²) in [6.45, 7) is 1.75. The Kier molecular flexibility index (Phi) is 5.42. The molecule has 8 heteroatoms. The van der Waals surface area contributed by atoms with Crippen molar-refractivity contribution in [2.24, 2.45) is 0 Å². The summed E-state index contributed by atoms with van der Waals surface area (Å²) in [7, 11) is 0. The van der Waals surface area contributed by atoms with E-state index >= 15 is 0 Å². The highest BCUT2D eigenvalue weighted by atomic mass is 35.5. The molecule has 0 saturated heterocycles. The maximum atomic E-state index is 12.4. The van der Waals surface area contributed by atoms with Gasteiger partial charge in [0.25, 0.3) is 0 Å². The first-order valence-corrected chi connectivity index (χ1v) is 10.1. The van der Waals surface area contributed by atoms with Crippen LogP contribution in [0.25, 0.3) is 22.7 Å². The van der Waals surface area contributed by atoms with Crippen LogP contribution in [0, 0.1) is 6.92 Å². The van der Waals surface area contributed by atoms with Crippen LogP contribution >= 0.6 is 23.4 Å². The predicted molar refractivity (Wildman–Crippen MR) is 114 cm³/mol. The Bertz CT molecular complexity index is 1160. The lowest BCUT2D eigenvalue weighted by Gasteiger charge is -2.10. The molecule has 6 nitrogen and oxygen atoms in total. The van der Waals surface area contributed by atoms with Gasteiger partial charge < -0.3 is 14.8 Å². The molecule has 2 heterocycles. The largest absolute Gasteiger partial charge is 0.507 e. The molecule has 0 aliphatic rings. The number of carbonyl (C=O) groups is 1. The van der Waals surface area contributed by atoms with Crippen molar-refractivity contribution >= 4 is 46.2 Å². The number of carbonyl (C=O) groups excluding carboxylic acids is 1. The van der Waals surface area contributed by atoms with Crippen LogP contribution in [-0.4, -0.2) is 26.7 Å². The predicted octanol–water partition coefficient (Wildman–Crippen LogP) is 5.29. The maximum Gasteiger partial charge on any atom is 0.234 e. The lowest BCUT2D eigenvalue weighted by molar-refractivity contribution is -0.113. The number of benzene rings is 2. The van der Waals surface area contributed by atoms with Crippen LogP contribution in [-0.2, 0) is 4.79 Å². The van der Waals surface area contributed by atoms with Crippen molar-refractivity contribution < 1.29 is 14.3 Å². The van der Waals surface area contributed by atoms with Gasteiger partial charge in [-0.3, -0.25) is 4.79 Å². The number of rotatable bonds is 5. The Hall–Kier alpha value is -3.03. The van der Waals surface area contributed by atoms with Gasteiger partial charge >= 0.3 is 0 Å². The highest BCUT2D eigenvalue weighted by Crippen LogP contribution is 2.35. The van der Waals surface area contributed by atoms with Crippen LogP contribution in [0.3, 0.4) is 0 Å². The molecule has 0 spiro atoms. The van der Waals surface area contributed by atoms with E-state index in [1.807, 2.05) is 12.1 Å². The number of thioether (sulfide) groups is 1. The number of phenols is 1. The van der Waals surface area contributed by atoms with Crippen LogP contribution in [0.4, 0.5) is 5.69 Å². The van der Waals surface area contributed by atoms with E-state index in [-0.39, 0.29) is 23.3 Å². The van der Waals surface area contributed by atoms with Crippen LogP contribution < -0.4 is 5.32 Å². The Morgan fingerprint density at radius 1 is 1.24 bits per heavy atom. The molecule has 146 valence electrons. The van der Waals surface area contributed by atoms with Crippen LogP contribution in [0.2, 0.25) is 5.02 Å². The van der Waals surface area contributed by atoms with Gasteiger partial charge in [-0.05, 0) is 61.0 Å². The topological polar surface area (TPSA) is 88.3 Å². The maximum absolute atomic E-state index is 12.4. The number of hydrogen-bond acceptors (Lipinski definition) is 6. The molecular formula is C21H16ClN3O3S. The summed E-state index contributed by atoms with van der Waals surface area (Å²) < 4.78 is 5.70. The number of fused-ring (bicyclic) bond motifs is 1. The van der Waals surface area contributed by atoms with Gasteiger partial charge in [0.15, 0.2) is 11.2 Å². The standard InChI is InChI=1S/C21H16ClN3O3S/c1-12-9-14(24-18(26)11-29-15-6-4-13(22)5-7-15)10-16(19(12)27)21-25-20-17(28-21)3-2-8-23-20/h2-10,27H,11H2,1H3,(H,24,26). The number of halogens is 1. The zero-order valence-corrected chi connectivity index (χ0v) is 16.9. The van der Waals surface area contributed by atoms with Crippen molar-refractivity contribution in [3.05, 3.63) is 65.3 Å². The minimum atomic E-state index is -0.166. The number of oxazole rings is 1. The second-order valence-corrected chi connectivity index (χ2v) is 7.81. The summed E-state index contributed by atoms with van der Waals surface area (Å²) in [6, 6.07) is 14.1. The van der Waals surface area contributed by atoms with E-state index < -0.39 is 0 Å². The Morgan fingerprint density at radius 3 is 2.79 bits per heavy atom. The van der Waals surface area contributed by atoms with Crippen molar-refractivity contribution in [1.29, 1.82) is 0 Å². The molecule has 29 heavy (non-hydrogen) atoms. The molecule has 2 N–H and O–H groups in total. The van der Waals surface area contributed by atoms with Crippen molar-refractivity contribution in [2.75, 3.05) is 11.1 Å². The Balaban J connectivity index is 1.53. The highest BCUT2D eigenvalue weighted by molar-refractivity contribution is 8.00. The third-order valence-corrected chi connectivity index (χ3v) is 5.43. The normalized spacial score (nSPS) is 11.0. The minimum absolute atomic E-state index is 0.0464. The Morgan fingerprint density at radius 2 is 2.03 bits per heavy atom. The average Bonchev–Trinajstić information content (AvgIpc) is 3.14. The lowest BCUT2D eigenvalue weighted by atomic mass is 10.1. The number of nitrogens with zero attached hydrogens (tertiary/aromatic N) is 2. The molecule has 0 bridgehead atoms. The first-order chi connectivity index (χ1) is 14.0. The zero-order chi connectivity index (χ0) is 20.4. The zero-order valence-electron chi connectivity index (χ0n) is 15.3. The third kappa shape index (κ3) is 4.36. The molecule has 4 rings (SSSR count). The monoisotopic (exact) mass is 425 g/mol. The first kappa shape index (κ1) is 19.3. The third-order valence-electron chi connectivity index (χ3n) is 4.16. The number of amides is 1. The number of hydrogen-bond donors (Lipinski definition) is 2. The summed E-state index contributed by atoms with van der Waals surface area (Å²) in [5.41, 5.74) is 2.51.